The molecule has 190 valence electrons. The number of phenols is 2. The van der Waals surface area contributed by atoms with Crippen LogP contribution >= 0.6 is 0 Å². The molecule has 2 aliphatic rings. The van der Waals surface area contributed by atoms with Crippen LogP contribution in [0.5, 0.6) is 11.5 Å². The van der Waals surface area contributed by atoms with Gasteiger partial charge < -0.3 is 59.8 Å². The lowest BCUT2D eigenvalue weighted by Gasteiger charge is -2.45. The molecule has 1 aromatic rings. The summed E-state index contributed by atoms with van der Waals surface area (Å²) < 4.78 is 20.8. The minimum atomic E-state index is -1.85. The third-order valence-electron chi connectivity index (χ3n) is 5.56. The first-order valence-corrected chi connectivity index (χ1v) is 10.4. The molecule has 2 aliphatic heterocycles. The molecule has 0 bridgehead atoms. The number of ether oxygens (including phenoxy) is 4. The fourth-order valence-corrected chi connectivity index (χ4v) is 3.52. The van der Waals surface area contributed by atoms with E-state index in [9.17, 15) is 45.6 Å². The number of carbonyl (C=O) groups excluding carboxylic acids is 1. The quantitative estimate of drug-likeness (QED) is 0.116. The molecule has 8 N–H and O–H groups in total. The lowest BCUT2D eigenvalue weighted by Crippen LogP contribution is -2.64. The number of benzene rings is 1. The van der Waals surface area contributed by atoms with E-state index in [1.807, 2.05) is 0 Å². The zero-order valence-electron chi connectivity index (χ0n) is 18.0. The standard InChI is InChI=1S/C21H28O13/c1-8-14(25)16(27)17(28)21(32-8)34-19-15(26)12(33-20(30)18(19)29)7-31-13(24)5-3-9-2-4-10(22)11(23)6-9/h2-6,8,12,14-23,25-30H,7H2,1H3/b5-3+/t8-,12+,14-,15+,16+,17+,18+,19-,20+,21-/m0/s1. The van der Waals surface area contributed by atoms with E-state index in [1.165, 1.54) is 31.2 Å². The number of esters is 1. The predicted molar refractivity (Wildman–Crippen MR) is 110 cm³/mol. The Morgan fingerprint density at radius 2 is 1.65 bits per heavy atom. The second kappa shape index (κ2) is 10.9. The van der Waals surface area contributed by atoms with Crippen molar-refractivity contribution in [2.75, 3.05) is 6.61 Å². The molecule has 10 atom stereocenters. The molecule has 34 heavy (non-hydrogen) atoms. The molecule has 1 aromatic carbocycles. The molecule has 0 radical (unpaired) electrons. The third-order valence-corrected chi connectivity index (χ3v) is 5.56. The molecule has 2 saturated heterocycles. The summed E-state index contributed by atoms with van der Waals surface area (Å²) in [5.74, 6) is -1.57. The van der Waals surface area contributed by atoms with Crippen molar-refractivity contribution in [3.8, 4) is 11.5 Å². The van der Waals surface area contributed by atoms with Crippen molar-refractivity contribution >= 4 is 12.0 Å². The van der Waals surface area contributed by atoms with Gasteiger partial charge in [-0.05, 0) is 30.7 Å². The van der Waals surface area contributed by atoms with E-state index < -0.39 is 74.0 Å². The van der Waals surface area contributed by atoms with Gasteiger partial charge in [0.25, 0.3) is 0 Å². The van der Waals surface area contributed by atoms with Gasteiger partial charge in [-0.1, -0.05) is 6.07 Å². The Balaban J connectivity index is 1.60. The Hall–Kier alpha value is -2.33. The summed E-state index contributed by atoms with van der Waals surface area (Å²) in [6, 6.07) is 3.88. The van der Waals surface area contributed by atoms with Gasteiger partial charge in [0.2, 0.25) is 0 Å². The van der Waals surface area contributed by atoms with Crippen molar-refractivity contribution in [2.24, 2.45) is 0 Å². The van der Waals surface area contributed by atoms with Crippen molar-refractivity contribution < 1.29 is 64.6 Å². The summed E-state index contributed by atoms with van der Waals surface area (Å²) in [5, 5.41) is 79.3. The maximum absolute atomic E-state index is 12.0. The molecule has 13 heteroatoms. The average Bonchev–Trinajstić information content (AvgIpc) is 2.80. The van der Waals surface area contributed by atoms with Gasteiger partial charge >= 0.3 is 5.97 Å². The van der Waals surface area contributed by atoms with E-state index in [0.29, 0.717) is 5.56 Å². The van der Waals surface area contributed by atoms with Crippen molar-refractivity contribution in [1.29, 1.82) is 0 Å². The van der Waals surface area contributed by atoms with E-state index in [0.717, 1.165) is 6.08 Å². The van der Waals surface area contributed by atoms with Crippen LogP contribution in [0.15, 0.2) is 24.3 Å². The minimum absolute atomic E-state index is 0.327. The zero-order valence-corrected chi connectivity index (χ0v) is 18.0. The fraction of sp³-hybridized carbons (Fsp3) is 0.571. The molecule has 0 amide bonds. The first kappa shape index (κ1) is 26.3. The van der Waals surface area contributed by atoms with Crippen LogP contribution in [0.2, 0.25) is 0 Å². The van der Waals surface area contributed by atoms with Crippen LogP contribution in [0.1, 0.15) is 12.5 Å². The van der Waals surface area contributed by atoms with Gasteiger partial charge in [0, 0.05) is 6.08 Å². The Morgan fingerprint density at radius 3 is 2.32 bits per heavy atom. The van der Waals surface area contributed by atoms with Gasteiger partial charge in [-0.15, -0.1) is 0 Å². The molecule has 0 aliphatic carbocycles. The zero-order chi connectivity index (χ0) is 25.2. The lowest BCUT2D eigenvalue weighted by molar-refractivity contribution is -0.352. The van der Waals surface area contributed by atoms with Gasteiger partial charge in [-0.2, -0.15) is 0 Å². The van der Waals surface area contributed by atoms with E-state index >= 15 is 0 Å². The van der Waals surface area contributed by atoms with Crippen LogP contribution < -0.4 is 0 Å². The number of hydrogen-bond acceptors (Lipinski definition) is 13. The topological polar surface area (TPSA) is 216 Å². The summed E-state index contributed by atoms with van der Waals surface area (Å²) in [6.07, 6.45) is -13.1. The van der Waals surface area contributed by atoms with Gasteiger partial charge in [0.15, 0.2) is 24.1 Å². The number of carbonyl (C=O) groups is 1. The van der Waals surface area contributed by atoms with E-state index in [4.69, 9.17) is 18.9 Å². The molecule has 0 spiro atoms. The third kappa shape index (κ3) is 5.83. The van der Waals surface area contributed by atoms with Crippen LogP contribution in [0.4, 0.5) is 0 Å². The molecule has 2 heterocycles. The molecule has 0 aromatic heterocycles. The summed E-state index contributed by atoms with van der Waals surface area (Å²) >= 11 is 0. The number of aromatic hydroxyl groups is 2. The number of rotatable bonds is 6. The molecule has 2 fully saturated rings. The van der Waals surface area contributed by atoms with E-state index in [2.05, 4.69) is 0 Å². The minimum Gasteiger partial charge on any atom is -0.504 e. The first-order chi connectivity index (χ1) is 16.0. The lowest BCUT2D eigenvalue weighted by atomic mass is 9.97. The van der Waals surface area contributed by atoms with Gasteiger partial charge in [0.05, 0.1) is 6.10 Å². The number of hydrogen-bond donors (Lipinski definition) is 8. The normalized spacial score (nSPS) is 38.7. The second-order valence-corrected chi connectivity index (χ2v) is 8.04. The Kier molecular flexibility index (Phi) is 8.46. The predicted octanol–water partition coefficient (Wildman–Crippen LogP) is -2.69. The van der Waals surface area contributed by atoms with Crippen LogP contribution in [-0.2, 0) is 23.7 Å². The van der Waals surface area contributed by atoms with Crippen LogP contribution in [0.25, 0.3) is 6.08 Å². The average molecular weight is 488 g/mol. The number of phenolic OH excluding ortho intramolecular Hbond substituents is 2. The largest absolute Gasteiger partial charge is 0.504 e. The van der Waals surface area contributed by atoms with Crippen LogP contribution in [-0.4, -0.2) is 115 Å². The highest BCUT2D eigenvalue weighted by atomic mass is 16.7. The second-order valence-electron chi connectivity index (χ2n) is 8.04. The smallest absolute Gasteiger partial charge is 0.330 e. The van der Waals surface area contributed by atoms with Gasteiger partial charge in [0.1, 0.15) is 49.3 Å². The SMILES string of the molecule is C[C@@H]1O[C@@H](O[C@@H]2[C@@H](O)[C@H](O)O[C@H](COC(=O)/C=C/c3ccc(O)c(O)c3)[C@H]2O)[C@H](O)[C@H](O)[C@H]1O. The molecule has 0 unspecified atom stereocenters. The number of aliphatic hydroxyl groups excluding tert-OH is 6. The molecular formula is C21H28O13. The van der Waals surface area contributed by atoms with Crippen molar-refractivity contribution in [3.63, 3.8) is 0 Å². The van der Waals surface area contributed by atoms with Crippen LogP contribution in [0.3, 0.4) is 0 Å². The Bertz CT molecular complexity index is 876. The monoisotopic (exact) mass is 488 g/mol. The highest BCUT2D eigenvalue weighted by molar-refractivity contribution is 5.87. The summed E-state index contributed by atoms with van der Waals surface area (Å²) in [5.41, 5.74) is 0.390. The van der Waals surface area contributed by atoms with Crippen LogP contribution in [0, 0.1) is 0 Å². The maximum atomic E-state index is 12.0. The molecule has 3 rings (SSSR count). The summed E-state index contributed by atoms with van der Waals surface area (Å²) in [7, 11) is 0. The molecule has 0 saturated carbocycles. The van der Waals surface area contributed by atoms with E-state index in [1.54, 1.807) is 0 Å². The molecular weight excluding hydrogens is 460 g/mol. The first-order valence-electron chi connectivity index (χ1n) is 10.4. The summed E-state index contributed by atoms with van der Waals surface area (Å²) in [4.78, 5) is 12.0. The van der Waals surface area contributed by atoms with Gasteiger partial charge in [-0.25, -0.2) is 4.79 Å². The molecule has 13 nitrogen and oxygen atoms in total. The van der Waals surface area contributed by atoms with Crippen molar-refractivity contribution in [2.45, 2.75) is 68.3 Å². The Labute approximate surface area is 193 Å². The fourth-order valence-electron chi connectivity index (χ4n) is 3.52. The van der Waals surface area contributed by atoms with Gasteiger partial charge in [-0.3, -0.25) is 0 Å². The maximum Gasteiger partial charge on any atom is 0.330 e. The van der Waals surface area contributed by atoms with Crippen molar-refractivity contribution in [1.82, 2.24) is 0 Å². The number of aliphatic hydroxyl groups is 6. The summed E-state index contributed by atoms with van der Waals surface area (Å²) in [6.45, 7) is 0.859. The highest BCUT2D eigenvalue weighted by Gasteiger charge is 2.50. The Morgan fingerprint density at radius 1 is 0.941 bits per heavy atom. The highest BCUT2D eigenvalue weighted by Crippen LogP contribution is 2.29. The van der Waals surface area contributed by atoms with E-state index in [-0.39, 0.29) is 11.5 Å². The van der Waals surface area contributed by atoms with Crippen molar-refractivity contribution in [3.05, 3.63) is 29.8 Å².